The number of hydrogen-bond acceptors (Lipinski definition) is 4. The fourth-order valence-corrected chi connectivity index (χ4v) is 3.01. The van der Waals surface area contributed by atoms with E-state index in [2.05, 4.69) is 26.7 Å². The largest absolute Gasteiger partial charge is 0.385 e. The summed E-state index contributed by atoms with van der Waals surface area (Å²) >= 11 is 0. The summed E-state index contributed by atoms with van der Waals surface area (Å²) < 4.78 is 2.13. The molecule has 1 saturated heterocycles. The second-order valence-electron chi connectivity index (χ2n) is 5.26. The van der Waals surface area contributed by atoms with Crippen LogP contribution in [0.25, 0.3) is 0 Å². The third kappa shape index (κ3) is 1.98. The first-order valence-corrected chi connectivity index (χ1v) is 6.56. The third-order valence-electron chi connectivity index (χ3n) is 4.10. The van der Waals surface area contributed by atoms with E-state index in [1.165, 1.54) is 19.4 Å². The van der Waals surface area contributed by atoms with Crippen LogP contribution in [0.15, 0.2) is 0 Å². The molecule has 2 aliphatic rings. The van der Waals surface area contributed by atoms with E-state index in [-0.39, 0.29) is 0 Å². The molecule has 0 spiro atoms. The maximum Gasteiger partial charge on any atom is 0.161 e. The summed E-state index contributed by atoms with van der Waals surface area (Å²) in [6, 6.07) is 0.599. The Bertz CT molecular complexity index is 403. The molecule has 94 valence electrons. The number of aliphatic hydroxyl groups excluding tert-OH is 1. The SMILES string of the molecule is CN1CCCC1Cc1nnc2n1CCCC2O. The Morgan fingerprint density at radius 3 is 2.82 bits per heavy atom. The number of likely N-dealkylation sites (tertiary alicyclic amines) is 1. The first kappa shape index (κ1) is 11.2. The van der Waals surface area contributed by atoms with Crippen LogP contribution in [0.1, 0.15) is 43.4 Å². The summed E-state index contributed by atoms with van der Waals surface area (Å²) in [6.45, 7) is 2.15. The van der Waals surface area contributed by atoms with Gasteiger partial charge in [0.1, 0.15) is 11.9 Å². The Kier molecular flexibility index (Phi) is 2.88. The van der Waals surface area contributed by atoms with Crippen molar-refractivity contribution in [2.24, 2.45) is 0 Å². The van der Waals surface area contributed by atoms with Crippen LogP contribution in [-0.2, 0) is 13.0 Å². The molecule has 5 heteroatoms. The van der Waals surface area contributed by atoms with Gasteiger partial charge in [0.2, 0.25) is 0 Å². The highest BCUT2D eigenvalue weighted by Crippen LogP contribution is 2.25. The highest BCUT2D eigenvalue weighted by Gasteiger charge is 2.27. The number of nitrogens with zero attached hydrogens (tertiary/aromatic N) is 4. The number of rotatable bonds is 2. The zero-order chi connectivity index (χ0) is 11.8. The minimum absolute atomic E-state index is 0.411. The van der Waals surface area contributed by atoms with E-state index in [0.717, 1.165) is 37.5 Å². The van der Waals surface area contributed by atoms with Crippen molar-refractivity contribution in [3.05, 3.63) is 11.6 Å². The third-order valence-corrected chi connectivity index (χ3v) is 4.10. The Morgan fingerprint density at radius 2 is 2.06 bits per heavy atom. The fraction of sp³-hybridized carbons (Fsp3) is 0.833. The van der Waals surface area contributed by atoms with E-state index in [1.807, 2.05) is 0 Å². The van der Waals surface area contributed by atoms with Crippen molar-refractivity contribution in [3.8, 4) is 0 Å². The van der Waals surface area contributed by atoms with Crippen LogP contribution in [0.4, 0.5) is 0 Å². The van der Waals surface area contributed by atoms with Gasteiger partial charge in [0.15, 0.2) is 5.82 Å². The number of aromatic nitrogens is 3. The van der Waals surface area contributed by atoms with Gasteiger partial charge in [0.05, 0.1) is 0 Å². The molecule has 17 heavy (non-hydrogen) atoms. The predicted octanol–water partition coefficient (Wildman–Crippen LogP) is 0.742. The van der Waals surface area contributed by atoms with Gasteiger partial charge in [-0.2, -0.15) is 0 Å². The molecule has 1 aromatic heterocycles. The normalized spacial score (nSPS) is 29.5. The van der Waals surface area contributed by atoms with Crippen molar-refractivity contribution in [2.75, 3.05) is 13.6 Å². The molecule has 0 radical (unpaired) electrons. The fourth-order valence-electron chi connectivity index (χ4n) is 3.01. The van der Waals surface area contributed by atoms with Crippen LogP contribution in [0, 0.1) is 0 Å². The van der Waals surface area contributed by atoms with Crippen LogP contribution in [0.5, 0.6) is 0 Å². The summed E-state index contributed by atoms with van der Waals surface area (Å²) in [5, 5.41) is 18.3. The minimum atomic E-state index is -0.411. The Hall–Kier alpha value is -0.940. The standard InChI is InChI=1S/C12H20N4O/c1-15-6-2-4-9(15)8-11-13-14-12-10(17)5-3-7-16(11)12/h9-10,17H,2-8H2,1H3. The summed E-state index contributed by atoms with van der Waals surface area (Å²) in [5.74, 6) is 1.82. The monoisotopic (exact) mass is 236 g/mol. The Morgan fingerprint density at radius 1 is 1.24 bits per heavy atom. The van der Waals surface area contributed by atoms with Crippen molar-refractivity contribution < 1.29 is 5.11 Å². The predicted molar refractivity (Wildman–Crippen MR) is 63.6 cm³/mol. The maximum absolute atomic E-state index is 9.85. The molecule has 2 unspecified atom stereocenters. The minimum Gasteiger partial charge on any atom is -0.385 e. The molecule has 0 aliphatic carbocycles. The maximum atomic E-state index is 9.85. The van der Waals surface area contributed by atoms with E-state index in [4.69, 9.17) is 0 Å². The van der Waals surface area contributed by atoms with E-state index in [9.17, 15) is 5.11 Å². The molecule has 1 fully saturated rings. The van der Waals surface area contributed by atoms with Gasteiger partial charge >= 0.3 is 0 Å². The molecular formula is C12H20N4O. The van der Waals surface area contributed by atoms with E-state index in [0.29, 0.717) is 6.04 Å². The van der Waals surface area contributed by atoms with Crippen LogP contribution >= 0.6 is 0 Å². The smallest absolute Gasteiger partial charge is 0.161 e. The van der Waals surface area contributed by atoms with Crippen molar-refractivity contribution in [2.45, 2.75) is 50.8 Å². The van der Waals surface area contributed by atoms with Crippen molar-refractivity contribution in [1.29, 1.82) is 0 Å². The van der Waals surface area contributed by atoms with E-state index < -0.39 is 6.10 Å². The summed E-state index contributed by atoms with van der Waals surface area (Å²) in [6.07, 6.45) is 4.94. The van der Waals surface area contributed by atoms with Gasteiger partial charge in [0.25, 0.3) is 0 Å². The van der Waals surface area contributed by atoms with Crippen LogP contribution in [0.2, 0.25) is 0 Å². The summed E-state index contributed by atoms with van der Waals surface area (Å²) in [5.41, 5.74) is 0. The molecule has 2 aliphatic heterocycles. The van der Waals surface area contributed by atoms with E-state index in [1.54, 1.807) is 0 Å². The average molecular weight is 236 g/mol. The Labute approximate surface area is 101 Å². The van der Waals surface area contributed by atoms with E-state index >= 15 is 0 Å². The molecule has 1 N–H and O–H groups in total. The van der Waals surface area contributed by atoms with Gasteiger partial charge in [-0.15, -0.1) is 10.2 Å². The molecule has 0 aromatic carbocycles. The highest BCUT2D eigenvalue weighted by atomic mass is 16.3. The van der Waals surface area contributed by atoms with Gasteiger partial charge in [-0.1, -0.05) is 0 Å². The average Bonchev–Trinajstić information content (AvgIpc) is 2.89. The molecule has 3 rings (SSSR count). The molecule has 2 atom stereocenters. The lowest BCUT2D eigenvalue weighted by atomic mass is 10.1. The van der Waals surface area contributed by atoms with Gasteiger partial charge in [-0.05, 0) is 39.3 Å². The molecule has 5 nitrogen and oxygen atoms in total. The number of fused-ring (bicyclic) bond motifs is 1. The quantitative estimate of drug-likeness (QED) is 0.823. The van der Waals surface area contributed by atoms with Crippen molar-refractivity contribution in [3.63, 3.8) is 0 Å². The van der Waals surface area contributed by atoms with Gasteiger partial charge in [0, 0.05) is 19.0 Å². The second kappa shape index (κ2) is 4.38. The Balaban J connectivity index is 1.79. The lowest BCUT2D eigenvalue weighted by Crippen LogP contribution is -2.28. The molecule has 0 amide bonds. The first-order valence-electron chi connectivity index (χ1n) is 6.56. The zero-order valence-electron chi connectivity index (χ0n) is 10.3. The lowest BCUT2D eigenvalue weighted by molar-refractivity contribution is 0.132. The zero-order valence-corrected chi connectivity index (χ0v) is 10.3. The van der Waals surface area contributed by atoms with Crippen molar-refractivity contribution in [1.82, 2.24) is 19.7 Å². The summed E-state index contributed by atoms with van der Waals surface area (Å²) in [4.78, 5) is 2.40. The van der Waals surface area contributed by atoms with Gasteiger partial charge in [-0.3, -0.25) is 0 Å². The molecule has 1 aromatic rings. The van der Waals surface area contributed by atoms with Crippen molar-refractivity contribution >= 4 is 0 Å². The topological polar surface area (TPSA) is 54.2 Å². The number of likely N-dealkylation sites (N-methyl/N-ethyl adjacent to an activating group) is 1. The van der Waals surface area contributed by atoms with Gasteiger partial charge < -0.3 is 14.6 Å². The molecule has 3 heterocycles. The van der Waals surface area contributed by atoms with Crippen LogP contribution < -0.4 is 0 Å². The number of hydrogen-bond donors (Lipinski definition) is 1. The lowest BCUT2D eigenvalue weighted by Gasteiger charge is -2.22. The van der Waals surface area contributed by atoms with Crippen LogP contribution in [0.3, 0.4) is 0 Å². The molecule has 0 bridgehead atoms. The van der Waals surface area contributed by atoms with Gasteiger partial charge in [-0.25, -0.2) is 0 Å². The summed E-state index contributed by atoms with van der Waals surface area (Å²) in [7, 11) is 2.18. The molecule has 0 saturated carbocycles. The first-order chi connectivity index (χ1) is 8.25. The second-order valence-corrected chi connectivity index (χ2v) is 5.26. The molecular weight excluding hydrogens is 216 g/mol. The highest BCUT2D eigenvalue weighted by molar-refractivity contribution is 5.04. The van der Waals surface area contributed by atoms with Crippen LogP contribution in [-0.4, -0.2) is 44.4 Å². The number of aliphatic hydroxyl groups is 1.